The lowest BCUT2D eigenvalue weighted by atomic mass is 10.2. The number of amides is 1. The number of benzene rings is 2. The summed E-state index contributed by atoms with van der Waals surface area (Å²) in [6.07, 6.45) is 0.727. The van der Waals surface area contributed by atoms with Crippen LogP contribution in [0.15, 0.2) is 46.3 Å². The zero-order valence-corrected chi connectivity index (χ0v) is 20.7. The predicted molar refractivity (Wildman–Crippen MR) is 125 cm³/mol. The second-order valence-electron chi connectivity index (χ2n) is 8.05. The van der Waals surface area contributed by atoms with Gasteiger partial charge in [-0.2, -0.15) is 9.30 Å². The van der Waals surface area contributed by atoms with Crippen LogP contribution in [0.2, 0.25) is 0 Å². The second-order valence-corrected chi connectivity index (χ2v) is 10.9. The number of carbonyl (C=O) groups excluding carboxylic acids is 2. The highest BCUT2D eigenvalue weighted by Crippen LogP contribution is 2.27. The zero-order valence-electron chi connectivity index (χ0n) is 19.0. The van der Waals surface area contributed by atoms with Gasteiger partial charge in [-0.1, -0.05) is 29.0 Å². The van der Waals surface area contributed by atoms with Gasteiger partial charge in [0.2, 0.25) is 10.0 Å². The Hall–Kier alpha value is -2.96. The lowest BCUT2D eigenvalue weighted by Crippen LogP contribution is -2.40. The third-order valence-electron chi connectivity index (χ3n) is 5.61. The van der Waals surface area contributed by atoms with Gasteiger partial charge in [0.25, 0.3) is 5.91 Å². The first-order valence-electron chi connectivity index (χ1n) is 10.9. The molecule has 35 heavy (non-hydrogen) atoms. The zero-order chi connectivity index (χ0) is 25.3. The van der Waals surface area contributed by atoms with Crippen molar-refractivity contribution < 1.29 is 31.5 Å². The molecule has 1 fully saturated rings. The molecular weight excluding hydrogens is 500 g/mol. The molecule has 1 aromatic heterocycles. The molecule has 12 heteroatoms. The van der Waals surface area contributed by atoms with Gasteiger partial charge in [-0.3, -0.25) is 9.59 Å². The third kappa shape index (κ3) is 5.04. The van der Waals surface area contributed by atoms with E-state index in [2.05, 4.69) is 4.99 Å². The molecule has 1 amide bonds. The summed E-state index contributed by atoms with van der Waals surface area (Å²) in [5, 5.41) is 0. The van der Waals surface area contributed by atoms with Crippen LogP contribution in [0.25, 0.3) is 10.2 Å². The largest absolute Gasteiger partial charge is 0.465 e. The van der Waals surface area contributed by atoms with Crippen LogP contribution >= 0.6 is 11.3 Å². The maximum atomic E-state index is 14.6. The molecule has 2 aromatic carbocycles. The monoisotopic (exact) mass is 523 g/mol. The lowest BCUT2D eigenvalue weighted by Gasteiger charge is -2.21. The molecule has 0 radical (unpaired) electrons. The van der Waals surface area contributed by atoms with E-state index in [0.717, 1.165) is 31.8 Å². The summed E-state index contributed by atoms with van der Waals surface area (Å²) in [6.45, 7) is 3.25. The Kier molecular flexibility index (Phi) is 7.15. The number of rotatable bonds is 6. The maximum Gasteiger partial charge on any atom is 0.326 e. The normalized spacial score (nSPS) is 17.3. The predicted octanol–water partition coefficient (Wildman–Crippen LogP) is 3.13. The van der Waals surface area contributed by atoms with Gasteiger partial charge >= 0.3 is 5.97 Å². The Labute approximate surface area is 204 Å². The summed E-state index contributed by atoms with van der Waals surface area (Å²) in [6, 6.07) is 7.02. The van der Waals surface area contributed by atoms with Crippen LogP contribution in [-0.4, -0.2) is 48.4 Å². The van der Waals surface area contributed by atoms with Crippen molar-refractivity contribution in [3.63, 3.8) is 0 Å². The molecule has 2 heterocycles. The number of thiazole rings is 1. The summed E-state index contributed by atoms with van der Waals surface area (Å²) in [5.74, 6) is -3.17. The number of ether oxygens (including phenoxy) is 1. The molecule has 186 valence electrons. The van der Waals surface area contributed by atoms with Crippen molar-refractivity contribution in [1.82, 2.24) is 8.87 Å². The van der Waals surface area contributed by atoms with Crippen LogP contribution in [0.5, 0.6) is 0 Å². The van der Waals surface area contributed by atoms with Crippen molar-refractivity contribution >= 4 is 43.5 Å². The number of carbonyl (C=O) groups is 2. The van der Waals surface area contributed by atoms with Crippen molar-refractivity contribution in [2.24, 2.45) is 4.99 Å². The lowest BCUT2D eigenvalue weighted by molar-refractivity contribution is -0.143. The van der Waals surface area contributed by atoms with Crippen LogP contribution in [0.3, 0.4) is 0 Å². The van der Waals surface area contributed by atoms with Crippen molar-refractivity contribution in [2.45, 2.75) is 44.2 Å². The fourth-order valence-electron chi connectivity index (χ4n) is 3.99. The molecule has 3 aromatic rings. The molecule has 4 rings (SSSR count). The Morgan fingerprint density at radius 3 is 2.60 bits per heavy atom. The molecule has 1 aliphatic rings. The van der Waals surface area contributed by atoms with Gasteiger partial charge in [0.15, 0.2) is 10.6 Å². The van der Waals surface area contributed by atoms with E-state index < -0.39 is 46.1 Å². The van der Waals surface area contributed by atoms with E-state index in [9.17, 15) is 26.8 Å². The van der Waals surface area contributed by atoms with E-state index in [1.165, 1.54) is 12.1 Å². The highest BCUT2D eigenvalue weighted by atomic mass is 32.2. The van der Waals surface area contributed by atoms with E-state index in [-0.39, 0.29) is 39.5 Å². The summed E-state index contributed by atoms with van der Waals surface area (Å²) >= 11 is 0.826. The van der Waals surface area contributed by atoms with Gasteiger partial charge in [-0.15, -0.1) is 0 Å². The first-order chi connectivity index (χ1) is 16.6. The minimum Gasteiger partial charge on any atom is -0.465 e. The van der Waals surface area contributed by atoms with Crippen molar-refractivity contribution in [1.29, 1.82) is 0 Å². The molecular formula is C23H23F2N3O5S2. The minimum absolute atomic E-state index is 0.0536. The van der Waals surface area contributed by atoms with Crippen LogP contribution < -0.4 is 4.80 Å². The number of hydrogen-bond donors (Lipinski definition) is 0. The fraction of sp³-hybridized carbons (Fsp3) is 0.348. The van der Waals surface area contributed by atoms with Gasteiger partial charge in [-0.05, 0) is 44.9 Å². The average Bonchev–Trinajstić information content (AvgIpc) is 3.40. The van der Waals surface area contributed by atoms with E-state index >= 15 is 0 Å². The van der Waals surface area contributed by atoms with Crippen molar-refractivity contribution in [3.8, 4) is 0 Å². The Morgan fingerprint density at radius 2 is 1.91 bits per heavy atom. The Balaban J connectivity index is 1.75. The molecule has 0 spiro atoms. The standard InChI is InChI=1S/C23H23F2N3O5S2/c1-3-33-20(29)13-27-21-17(25)11-15(24)12-19(21)34-23(27)26-22(30)18-5-4-10-28(18)35(31,32)16-8-6-14(2)7-9-16/h6-9,11-12,18H,3-5,10,13H2,1-2H3. The van der Waals surface area contributed by atoms with Crippen LogP contribution in [-0.2, 0) is 30.9 Å². The number of halogens is 2. The number of hydrogen-bond acceptors (Lipinski definition) is 6. The van der Waals surface area contributed by atoms with Crippen molar-refractivity contribution in [2.75, 3.05) is 13.2 Å². The molecule has 1 atom stereocenters. The van der Waals surface area contributed by atoms with Crippen molar-refractivity contribution in [3.05, 3.63) is 58.4 Å². The first-order valence-corrected chi connectivity index (χ1v) is 13.2. The van der Waals surface area contributed by atoms with Gasteiger partial charge in [0.1, 0.15) is 18.4 Å². The number of esters is 1. The molecule has 0 aliphatic carbocycles. The average molecular weight is 524 g/mol. The summed E-state index contributed by atoms with van der Waals surface area (Å²) < 4.78 is 62.2. The molecule has 8 nitrogen and oxygen atoms in total. The van der Waals surface area contributed by atoms with E-state index in [0.29, 0.717) is 12.5 Å². The van der Waals surface area contributed by atoms with Crippen LogP contribution in [0.4, 0.5) is 8.78 Å². The van der Waals surface area contributed by atoms with Gasteiger partial charge in [-0.25, -0.2) is 17.2 Å². The van der Waals surface area contributed by atoms with Gasteiger partial charge in [0.05, 0.1) is 21.7 Å². The summed E-state index contributed by atoms with van der Waals surface area (Å²) in [4.78, 5) is 29.4. The molecule has 0 bridgehead atoms. The van der Waals surface area contributed by atoms with E-state index in [1.54, 1.807) is 19.1 Å². The maximum absolute atomic E-state index is 14.6. The second kappa shape index (κ2) is 9.96. The van der Waals surface area contributed by atoms with E-state index in [4.69, 9.17) is 4.74 Å². The van der Waals surface area contributed by atoms with Gasteiger partial charge < -0.3 is 9.30 Å². The topological polar surface area (TPSA) is 98.0 Å². The number of fused-ring (bicyclic) bond motifs is 1. The third-order valence-corrected chi connectivity index (χ3v) is 8.56. The molecule has 0 N–H and O–H groups in total. The SMILES string of the molecule is CCOC(=O)Cn1c(=NC(=O)C2CCCN2S(=O)(=O)c2ccc(C)cc2)sc2cc(F)cc(F)c21. The molecule has 0 saturated carbocycles. The molecule has 1 saturated heterocycles. The van der Waals surface area contributed by atoms with Crippen LogP contribution in [0, 0.1) is 18.6 Å². The smallest absolute Gasteiger partial charge is 0.326 e. The summed E-state index contributed by atoms with van der Waals surface area (Å²) in [5.41, 5.74) is 0.805. The minimum atomic E-state index is -3.95. The molecule has 1 aliphatic heterocycles. The summed E-state index contributed by atoms with van der Waals surface area (Å²) in [7, 11) is -3.95. The molecule has 1 unspecified atom stereocenters. The quantitative estimate of drug-likeness (QED) is 0.463. The van der Waals surface area contributed by atoms with E-state index in [1.807, 2.05) is 6.92 Å². The highest BCUT2D eigenvalue weighted by molar-refractivity contribution is 7.89. The van der Waals surface area contributed by atoms with Gasteiger partial charge in [0, 0.05) is 12.6 Å². The number of aryl methyl sites for hydroxylation is 1. The number of nitrogens with zero attached hydrogens (tertiary/aromatic N) is 3. The Morgan fingerprint density at radius 1 is 1.20 bits per heavy atom. The fourth-order valence-corrected chi connectivity index (χ4v) is 6.71. The first kappa shape index (κ1) is 25.1. The van der Waals surface area contributed by atoms with Crippen LogP contribution in [0.1, 0.15) is 25.3 Å². The Bertz CT molecular complexity index is 1460. The number of aromatic nitrogens is 1. The number of sulfonamides is 1. The highest BCUT2D eigenvalue weighted by Gasteiger charge is 2.39.